The molecular weight excluding hydrogens is 223 g/mol. The molecule has 0 aromatic carbocycles. The number of halogens is 3. The summed E-state index contributed by atoms with van der Waals surface area (Å²) >= 11 is 0. The highest BCUT2D eigenvalue weighted by atomic mass is 19.4. The van der Waals surface area contributed by atoms with Crippen molar-refractivity contribution in [2.75, 3.05) is 6.54 Å². The van der Waals surface area contributed by atoms with Crippen LogP contribution in [-0.4, -0.2) is 22.2 Å². The molecule has 1 amide bonds. The van der Waals surface area contributed by atoms with Crippen LogP contribution in [0.25, 0.3) is 0 Å². The monoisotopic (exact) mass is 231 g/mol. The van der Waals surface area contributed by atoms with Gasteiger partial charge >= 0.3 is 6.18 Å². The molecule has 16 heavy (non-hydrogen) atoms. The predicted molar refractivity (Wildman–Crippen MR) is 49.1 cm³/mol. The lowest BCUT2D eigenvalue weighted by Gasteiger charge is -2.03. The topological polar surface area (TPSA) is 46.9 Å². The molecule has 0 saturated heterocycles. The Bertz CT molecular complexity index is 416. The molecule has 0 radical (unpaired) electrons. The number of carbonyl (C=O) groups excluding carboxylic acids is 1. The Morgan fingerprint density at radius 3 is 2.81 bits per heavy atom. The maximum absolute atomic E-state index is 12.1. The summed E-state index contributed by atoms with van der Waals surface area (Å²) in [6, 6.07) is 0.800. The van der Waals surface area contributed by atoms with Gasteiger partial charge in [-0.15, -0.1) is 6.42 Å². The summed E-state index contributed by atoms with van der Waals surface area (Å²) in [6.07, 6.45) is 1.48. The predicted octanol–water partition coefficient (Wildman–Crippen LogP) is 0.651. The molecule has 0 aliphatic heterocycles. The zero-order chi connectivity index (χ0) is 12.2. The Hall–Kier alpha value is -1.97. The van der Waals surface area contributed by atoms with Crippen LogP contribution in [0.3, 0.4) is 0 Å². The van der Waals surface area contributed by atoms with E-state index in [0.717, 1.165) is 16.9 Å². The van der Waals surface area contributed by atoms with Gasteiger partial charge in [0, 0.05) is 6.20 Å². The Morgan fingerprint density at radius 2 is 2.31 bits per heavy atom. The number of alkyl halides is 3. The third kappa shape index (κ3) is 3.31. The summed E-state index contributed by atoms with van der Waals surface area (Å²) in [5.74, 6) is 1.68. The van der Waals surface area contributed by atoms with Crippen LogP contribution in [0.4, 0.5) is 13.2 Å². The van der Waals surface area contributed by atoms with Crippen LogP contribution in [0.5, 0.6) is 0 Å². The molecule has 0 fully saturated rings. The largest absolute Gasteiger partial charge is 0.435 e. The molecule has 1 aromatic heterocycles. The fraction of sp³-hybridized carbons (Fsp3) is 0.333. The van der Waals surface area contributed by atoms with E-state index < -0.39 is 17.8 Å². The molecule has 0 aliphatic carbocycles. The number of hydrogen-bond donors (Lipinski definition) is 1. The molecule has 7 heteroatoms. The molecule has 1 N–H and O–H groups in total. The smallest absolute Gasteiger partial charge is 0.344 e. The third-order valence-electron chi connectivity index (χ3n) is 1.62. The SMILES string of the molecule is C#CCNC(=O)Cn1ccc(C(F)(F)F)n1. The van der Waals surface area contributed by atoms with Crippen molar-refractivity contribution < 1.29 is 18.0 Å². The number of rotatable bonds is 3. The molecule has 86 valence electrons. The summed E-state index contributed by atoms with van der Waals surface area (Å²) in [5, 5.41) is 5.52. The highest BCUT2D eigenvalue weighted by Crippen LogP contribution is 2.27. The second kappa shape index (κ2) is 4.70. The van der Waals surface area contributed by atoms with E-state index in [-0.39, 0.29) is 13.1 Å². The highest BCUT2D eigenvalue weighted by molar-refractivity contribution is 5.75. The standard InChI is InChI=1S/C9H8F3N3O/c1-2-4-13-8(16)6-15-5-3-7(14-15)9(10,11)12/h1,3,5H,4,6H2,(H,13,16). The van der Waals surface area contributed by atoms with E-state index in [1.165, 1.54) is 0 Å². The van der Waals surface area contributed by atoms with Crippen molar-refractivity contribution in [1.29, 1.82) is 0 Å². The fourth-order valence-corrected chi connectivity index (χ4v) is 0.954. The minimum absolute atomic E-state index is 0.0340. The Morgan fingerprint density at radius 1 is 1.62 bits per heavy atom. The Labute approximate surface area is 89.4 Å². The molecule has 1 aromatic rings. The lowest BCUT2D eigenvalue weighted by molar-refractivity contribution is -0.141. The number of aromatic nitrogens is 2. The zero-order valence-electron chi connectivity index (χ0n) is 8.08. The van der Waals surface area contributed by atoms with Gasteiger partial charge in [-0.2, -0.15) is 18.3 Å². The molecule has 4 nitrogen and oxygen atoms in total. The average Bonchev–Trinajstić information content (AvgIpc) is 2.62. The third-order valence-corrected chi connectivity index (χ3v) is 1.62. The Balaban J connectivity index is 2.60. The molecule has 0 atom stereocenters. The van der Waals surface area contributed by atoms with Gasteiger partial charge in [0.05, 0.1) is 6.54 Å². The van der Waals surface area contributed by atoms with Crippen LogP contribution in [0.2, 0.25) is 0 Å². The van der Waals surface area contributed by atoms with Gasteiger partial charge in [-0.25, -0.2) is 0 Å². The number of carbonyl (C=O) groups is 1. The van der Waals surface area contributed by atoms with E-state index >= 15 is 0 Å². The minimum atomic E-state index is -4.50. The van der Waals surface area contributed by atoms with Crippen LogP contribution in [0.1, 0.15) is 5.69 Å². The first-order chi connectivity index (χ1) is 7.43. The number of amides is 1. The van der Waals surface area contributed by atoms with Gasteiger partial charge in [0.1, 0.15) is 6.54 Å². The van der Waals surface area contributed by atoms with Crippen molar-refractivity contribution in [2.45, 2.75) is 12.7 Å². The molecule has 1 rings (SSSR count). The van der Waals surface area contributed by atoms with E-state index in [9.17, 15) is 18.0 Å². The molecular formula is C9H8F3N3O. The van der Waals surface area contributed by atoms with Gasteiger partial charge in [-0.1, -0.05) is 5.92 Å². The van der Waals surface area contributed by atoms with Crippen LogP contribution in [0.15, 0.2) is 12.3 Å². The minimum Gasteiger partial charge on any atom is -0.344 e. The number of terminal acetylenes is 1. The van der Waals surface area contributed by atoms with Crippen molar-refractivity contribution in [3.63, 3.8) is 0 Å². The van der Waals surface area contributed by atoms with Gasteiger partial charge < -0.3 is 5.32 Å². The normalized spacial score (nSPS) is 10.9. The second-order valence-electron chi connectivity index (χ2n) is 2.88. The van der Waals surface area contributed by atoms with Crippen LogP contribution in [0, 0.1) is 12.3 Å². The van der Waals surface area contributed by atoms with E-state index in [2.05, 4.69) is 16.3 Å². The van der Waals surface area contributed by atoms with Gasteiger partial charge in [-0.3, -0.25) is 9.48 Å². The Kier molecular flexibility index (Phi) is 3.55. The molecule has 0 spiro atoms. The average molecular weight is 231 g/mol. The number of nitrogens with one attached hydrogen (secondary N) is 1. The first-order valence-corrected chi connectivity index (χ1v) is 4.24. The van der Waals surface area contributed by atoms with Crippen molar-refractivity contribution in [1.82, 2.24) is 15.1 Å². The van der Waals surface area contributed by atoms with E-state index in [4.69, 9.17) is 6.42 Å². The van der Waals surface area contributed by atoms with Gasteiger partial charge in [-0.05, 0) is 6.07 Å². The summed E-state index contributed by atoms with van der Waals surface area (Å²) in [4.78, 5) is 11.1. The zero-order valence-corrected chi connectivity index (χ0v) is 8.08. The molecule has 0 unspecified atom stereocenters. The summed E-state index contributed by atoms with van der Waals surface area (Å²) < 4.78 is 37.3. The molecule has 1 heterocycles. The molecule has 0 saturated carbocycles. The van der Waals surface area contributed by atoms with Crippen LogP contribution < -0.4 is 5.32 Å². The first-order valence-electron chi connectivity index (χ1n) is 4.24. The lowest BCUT2D eigenvalue weighted by atomic mass is 10.4. The summed E-state index contributed by atoms with van der Waals surface area (Å²) in [6.45, 7) is -0.260. The quantitative estimate of drug-likeness (QED) is 0.776. The fourth-order valence-electron chi connectivity index (χ4n) is 0.954. The maximum atomic E-state index is 12.1. The second-order valence-corrected chi connectivity index (χ2v) is 2.88. The molecule has 0 aliphatic rings. The summed E-state index contributed by atoms with van der Waals surface area (Å²) in [7, 11) is 0. The van der Waals surface area contributed by atoms with Crippen molar-refractivity contribution >= 4 is 5.91 Å². The maximum Gasteiger partial charge on any atom is 0.435 e. The van der Waals surface area contributed by atoms with E-state index in [1.54, 1.807) is 0 Å². The van der Waals surface area contributed by atoms with Gasteiger partial charge in [0.2, 0.25) is 5.91 Å². The van der Waals surface area contributed by atoms with Crippen molar-refractivity contribution in [3.05, 3.63) is 18.0 Å². The number of nitrogens with zero attached hydrogens (tertiary/aromatic N) is 2. The molecule has 0 bridgehead atoms. The van der Waals surface area contributed by atoms with Crippen LogP contribution >= 0.6 is 0 Å². The lowest BCUT2D eigenvalue weighted by Crippen LogP contribution is -2.28. The van der Waals surface area contributed by atoms with Crippen molar-refractivity contribution in [2.24, 2.45) is 0 Å². The van der Waals surface area contributed by atoms with Gasteiger partial charge in [0.25, 0.3) is 0 Å². The van der Waals surface area contributed by atoms with E-state index in [0.29, 0.717) is 0 Å². The van der Waals surface area contributed by atoms with E-state index in [1.807, 2.05) is 0 Å². The van der Waals surface area contributed by atoms with Crippen LogP contribution in [-0.2, 0) is 17.5 Å². The first kappa shape index (κ1) is 12.1. The van der Waals surface area contributed by atoms with Crippen molar-refractivity contribution in [3.8, 4) is 12.3 Å². The highest BCUT2D eigenvalue weighted by Gasteiger charge is 2.33. The summed E-state index contributed by atoms with van der Waals surface area (Å²) in [5.41, 5.74) is -1.03. The van der Waals surface area contributed by atoms with Gasteiger partial charge in [0.15, 0.2) is 5.69 Å². The number of hydrogen-bond acceptors (Lipinski definition) is 2.